The Bertz CT molecular complexity index is 535. The number of aliphatic hydroxyl groups excluding tert-OH is 1. The smallest absolute Gasteiger partial charge is 0.420 e. The van der Waals surface area contributed by atoms with Gasteiger partial charge in [0.25, 0.3) is 0 Å². The van der Waals surface area contributed by atoms with Crippen LogP contribution >= 0.6 is 0 Å². The minimum Gasteiger partial charge on any atom is -0.467 e. The molecule has 0 bridgehead atoms. The van der Waals surface area contributed by atoms with Gasteiger partial charge < -0.3 is 24.1 Å². The van der Waals surface area contributed by atoms with E-state index in [1.165, 1.54) is 7.11 Å². The Labute approximate surface area is 166 Å². The second kappa shape index (κ2) is 9.56. The van der Waals surface area contributed by atoms with Crippen molar-refractivity contribution < 1.29 is 38.4 Å². The number of carbonyl (C=O) groups is 3. The molecule has 0 saturated carbocycles. The standard InChI is InChI=1S/C19H33NO8/c1-18(2,3)27-16(23)20(17(24)28-19(4,5)6)12(15(22)25-7)9-8-10-13-14(11-21)26-13/h12-14,21H,8-11H2,1-7H3/t12-,13+,14+/m0/s1. The number of imide groups is 1. The minimum atomic E-state index is -1.19. The molecule has 1 heterocycles. The first-order valence-electron chi connectivity index (χ1n) is 9.38. The highest BCUT2D eigenvalue weighted by Gasteiger charge is 2.42. The van der Waals surface area contributed by atoms with Gasteiger partial charge in [0.15, 0.2) is 0 Å². The van der Waals surface area contributed by atoms with E-state index in [0.29, 0.717) is 17.7 Å². The van der Waals surface area contributed by atoms with E-state index in [1.807, 2.05) is 0 Å². The van der Waals surface area contributed by atoms with Crippen molar-refractivity contribution in [2.45, 2.75) is 90.3 Å². The second-order valence-electron chi connectivity index (χ2n) is 8.70. The molecule has 162 valence electrons. The zero-order valence-corrected chi connectivity index (χ0v) is 17.8. The molecular formula is C19H33NO8. The van der Waals surface area contributed by atoms with Gasteiger partial charge in [0.05, 0.1) is 19.8 Å². The van der Waals surface area contributed by atoms with Crippen LogP contribution in [0.2, 0.25) is 0 Å². The summed E-state index contributed by atoms with van der Waals surface area (Å²) in [5.41, 5.74) is -1.73. The van der Waals surface area contributed by atoms with Crippen molar-refractivity contribution in [3.63, 3.8) is 0 Å². The van der Waals surface area contributed by atoms with E-state index < -0.39 is 35.4 Å². The van der Waals surface area contributed by atoms with Gasteiger partial charge in [-0.05, 0) is 60.8 Å². The monoisotopic (exact) mass is 403 g/mol. The summed E-state index contributed by atoms with van der Waals surface area (Å²) in [6, 6.07) is -1.19. The molecule has 2 amide bonds. The maximum Gasteiger partial charge on any atom is 0.420 e. The van der Waals surface area contributed by atoms with Crippen molar-refractivity contribution in [3.8, 4) is 0 Å². The highest BCUT2D eigenvalue weighted by molar-refractivity contribution is 5.94. The number of rotatable bonds is 7. The van der Waals surface area contributed by atoms with E-state index in [0.717, 1.165) is 0 Å². The average molecular weight is 403 g/mol. The van der Waals surface area contributed by atoms with E-state index >= 15 is 0 Å². The number of aliphatic hydroxyl groups is 1. The molecule has 1 aliphatic rings. The Balaban J connectivity index is 2.98. The summed E-state index contributed by atoms with van der Waals surface area (Å²) in [6.45, 7) is 9.88. The number of ether oxygens (including phenoxy) is 4. The van der Waals surface area contributed by atoms with Crippen LogP contribution in [-0.4, -0.2) is 71.3 Å². The molecule has 0 aromatic carbocycles. The van der Waals surface area contributed by atoms with Gasteiger partial charge in [-0.3, -0.25) is 0 Å². The maximum absolute atomic E-state index is 12.7. The largest absolute Gasteiger partial charge is 0.467 e. The van der Waals surface area contributed by atoms with Gasteiger partial charge in [-0.15, -0.1) is 0 Å². The zero-order chi connectivity index (χ0) is 21.7. The van der Waals surface area contributed by atoms with Crippen LogP contribution in [0.1, 0.15) is 60.8 Å². The maximum atomic E-state index is 12.7. The van der Waals surface area contributed by atoms with Crippen LogP contribution in [0.15, 0.2) is 0 Å². The Hall–Kier alpha value is -1.87. The second-order valence-corrected chi connectivity index (χ2v) is 8.70. The molecule has 1 saturated heterocycles. The lowest BCUT2D eigenvalue weighted by atomic mass is 10.1. The molecule has 1 rings (SSSR count). The summed E-state index contributed by atoms with van der Waals surface area (Å²) < 4.78 is 20.7. The lowest BCUT2D eigenvalue weighted by molar-refractivity contribution is -0.147. The topological polar surface area (TPSA) is 115 Å². The van der Waals surface area contributed by atoms with Crippen molar-refractivity contribution in [2.24, 2.45) is 0 Å². The zero-order valence-electron chi connectivity index (χ0n) is 17.8. The van der Waals surface area contributed by atoms with E-state index in [2.05, 4.69) is 0 Å². The van der Waals surface area contributed by atoms with Crippen LogP contribution in [0.3, 0.4) is 0 Å². The van der Waals surface area contributed by atoms with Crippen LogP contribution in [0.4, 0.5) is 9.59 Å². The highest BCUT2D eigenvalue weighted by Crippen LogP contribution is 2.28. The summed E-state index contributed by atoms with van der Waals surface area (Å²) in [4.78, 5) is 38.4. The van der Waals surface area contributed by atoms with Crippen molar-refractivity contribution in [3.05, 3.63) is 0 Å². The summed E-state index contributed by atoms with van der Waals surface area (Å²) in [5.74, 6) is -0.743. The number of nitrogens with zero attached hydrogens (tertiary/aromatic N) is 1. The summed E-state index contributed by atoms with van der Waals surface area (Å²) in [7, 11) is 1.18. The quantitative estimate of drug-likeness (QED) is 0.392. The Kier molecular flexibility index (Phi) is 8.25. The Morgan fingerprint density at radius 2 is 1.50 bits per heavy atom. The predicted molar refractivity (Wildman–Crippen MR) is 99.7 cm³/mol. The number of esters is 1. The molecule has 1 N–H and O–H groups in total. The van der Waals surface area contributed by atoms with Gasteiger partial charge in [-0.2, -0.15) is 4.90 Å². The lowest BCUT2D eigenvalue weighted by Crippen LogP contribution is -2.52. The van der Waals surface area contributed by atoms with Gasteiger partial charge in [-0.1, -0.05) is 0 Å². The fraction of sp³-hybridized carbons (Fsp3) is 0.842. The van der Waals surface area contributed by atoms with Crippen LogP contribution in [0.5, 0.6) is 0 Å². The van der Waals surface area contributed by atoms with E-state index in [-0.39, 0.29) is 25.2 Å². The third-order valence-corrected chi connectivity index (χ3v) is 3.80. The molecule has 9 nitrogen and oxygen atoms in total. The number of amides is 2. The van der Waals surface area contributed by atoms with E-state index in [1.54, 1.807) is 41.5 Å². The SMILES string of the molecule is COC(=O)[C@H](CCC[C@H]1O[C@@H]1CO)N(C(=O)OC(C)(C)C)C(=O)OC(C)(C)C. The molecule has 0 aliphatic carbocycles. The van der Waals surface area contributed by atoms with E-state index in [4.69, 9.17) is 24.1 Å². The number of carbonyl (C=O) groups excluding carboxylic acids is 3. The van der Waals surface area contributed by atoms with Crippen LogP contribution in [0.25, 0.3) is 0 Å². The molecule has 0 unspecified atom stereocenters. The number of hydrogen-bond acceptors (Lipinski definition) is 8. The fourth-order valence-corrected chi connectivity index (χ4v) is 2.55. The minimum absolute atomic E-state index is 0.0625. The molecule has 1 fully saturated rings. The van der Waals surface area contributed by atoms with Crippen LogP contribution in [0, 0.1) is 0 Å². The molecule has 0 spiro atoms. The lowest BCUT2D eigenvalue weighted by Gasteiger charge is -2.32. The van der Waals surface area contributed by atoms with Crippen LogP contribution < -0.4 is 0 Å². The van der Waals surface area contributed by atoms with Gasteiger partial charge in [0.2, 0.25) is 0 Å². The normalized spacial score (nSPS) is 20.1. The van der Waals surface area contributed by atoms with Gasteiger partial charge in [-0.25, -0.2) is 14.4 Å². The first-order valence-corrected chi connectivity index (χ1v) is 9.38. The summed E-state index contributed by atoms with van der Waals surface area (Å²) in [6.07, 6.45) is -1.02. The van der Waals surface area contributed by atoms with Crippen molar-refractivity contribution in [1.82, 2.24) is 4.90 Å². The van der Waals surface area contributed by atoms with Gasteiger partial charge in [0.1, 0.15) is 23.3 Å². The fourth-order valence-electron chi connectivity index (χ4n) is 2.55. The first-order chi connectivity index (χ1) is 12.8. The molecule has 0 radical (unpaired) electrons. The van der Waals surface area contributed by atoms with Gasteiger partial charge >= 0.3 is 18.2 Å². The van der Waals surface area contributed by atoms with Crippen molar-refractivity contribution >= 4 is 18.2 Å². The van der Waals surface area contributed by atoms with E-state index in [9.17, 15) is 14.4 Å². The third-order valence-electron chi connectivity index (χ3n) is 3.80. The molecule has 28 heavy (non-hydrogen) atoms. The molecule has 3 atom stereocenters. The number of methoxy groups -OCH3 is 1. The predicted octanol–water partition coefficient (Wildman–Crippen LogP) is 2.63. The van der Waals surface area contributed by atoms with Crippen molar-refractivity contribution in [2.75, 3.05) is 13.7 Å². The number of hydrogen-bond donors (Lipinski definition) is 1. The average Bonchev–Trinajstić information content (AvgIpc) is 3.28. The molecule has 0 aromatic rings. The van der Waals surface area contributed by atoms with Crippen molar-refractivity contribution in [1.29, 1.82) is 0 Å². The summed E-state index contributed by atoms with van der Waals surface area (Å²) >= 11 is 0. The highest BCUT2D eigenvalue weighted by atomic mass is 16.6. The molecule has 0 aromatic heterocycles. The molecule has 1 aliphatic heterocycles. The molecule has 9 heteroatoms. The first kappa shape index (κ1) is 24.2. The Morgan fingerprint density at radius 3 is 1.86 bits per heavy atom. The number of epoxide rings is 1. The Morgan fingerprint density at radius 1 is 1.00 bits per heavy atom. The molecular weight excluding hydrogens is 370 g/mol. The van der Waals surface area contributed by atoms with Gasteiger partial charge in [0, 0.05) is 0 Å². The summed E-state index contributed by atoms with van der Waals surface area (Å²) in [5, 5.41) is 9.03. The van der Waals surface area contributed by atoms with Crippen LogP contribution in [-0.2, 0) is 23.7 Å². The third kappa shape index (κ3) is 8.02.